The molecule has 1 heterocycles. The van der Waals surface area contributed by atoms with Crippen LogP contribution in [0.4, 0.5) is 14.5 Å². The van der Waals surface area contributed by atoms with Crippen molar-refractivity contribution in [1.82, 2.24) is 4.57 Å². The molecular weight excluding hydrogens is 270 g/mol. The predicted octanol–water partition coefficient (Wildman–Crippen LogP) is 4.38. The van der Waals surface area contributed by atoms with E-state index in [4.69, 9.17) is 0 Å². The van der Waals surface area contributed by atoms with E-state index in [1.807, 2.05) is 19.2 Å². The van der Waals surface area contributed by atoms with Crippen LogP contribution < -0.4 is 5.32 Å². The van der Waals surface area contributed by atoms with Crippen LogP contribution in [-0.2, 0) is 13.6 Å². The number of benzene rings is 2. The van der Waals surface area contributed by atoms with Gasteiger partial charge < -0.3 is 9.88 Å². The summed E-state index contributed by atoms with van der Waals surface area (Å²) in [6.07, 6.45) is 0. The lowest BCUT2D eigenvalue weighted by Crippen LogP contribution is -2.07. The monoisotopic (exact) mass is 286 g/mol. The summed E-state index contributed by atoms with van der Waals surface area (Å²) >= 11 is 0. The molecule has 0 amide bonds. The van der Waals surface area contributed by atoms with Gasteiger partial charge in [-0.2, -0.15) is 0 Å². The zero-order valence-electron chi connectivity index (χ0n) is 12.0. The maximum Gasteiger partial charge on any atom is 0.149 e. The van der Waals surface area contributed by atoms with Crippen LogP contribution in [0, 0.1) is 18.6 Å². The van der Waals surface area contributed by atoms with Crippen molar-refractivity contribution in [1.29, 1.82) is 0 Å². The molecule has 3 aromatic rings. The van der Waals surface area contributed by atoms with Crippen molar-refractivity contribution in [2.24, 2.45) is 7.05 Å². The molecule has 2 nitrogen and oxygen atoms in total. The minimum absolute atomic E-state index is 0.307. The van der Waals surface area contributed by atoms with Crippen LogP contribution in [0.1, 0.15) is 11.3 Å². The molecule has 0 radical (unpaired) electrons. The lowest BCUT2D eigenvalue weighted by Gasteiger charge is -2.10. The highest BCUT2D eigenvalue weighted by Crippen LogP contribution is 2.25. The highest BCUT2D eigenvalue weighted by Gasteiger charge is 2.11. The van der Waals surface area contributed by atoms with Gasteiger partial charge in [-0.1, -0.05) is 18.2 Å². The quantitative estimate of drug-likeness (QED) is 0.756. The molecule has 0 aliphatic rings. The zero-order chi connectivity index (χ0) is 15.0. The number of anilines is 1. The molecular formula is C17H16F2N2. The summed E-state index contributed by atoms with van der Waals surface area (Å²) in [6.45, 7) is 2.54. The number of hydrogen-bond acceptors (Lipinski definition) is 1. The number of hydrogen-bond donors (Lipinski definition) is 1. The Morgan fingerprint density at radius 3 is 2.57 bits per heavy atom. The second kappa shape index (κ2) is 5.20. The summed E-state index contributed by atoms with van der Waals surface area (Å²) in [7, 11) is 1.99. The maximum absolute atomic E-state index is 13.6. The van der Waals surface area contributed by atoms with E-state index in [9.17, 15) is 8.78 Å². The summed E-state index contributed by atoms with van der Waals surface area (Å²) in [4.78, 5) is 0. The first kappa shape index (κ1) is 13.6. The average Bonchev–Trinajstić information content (AvgIpc) is 2.71. The van der Waals surface area contributed by atoms with Gasteiger partial charge in [-0.25, -0.2) is 8.78 Å². The first-order valence-corrected chi connectivity index (χ1v) is 6.79. The van der Waals surface area contributed by atoms with E-state index in [0.29, 0.717) is 12.2 Å². The number of rotatable bonds is 3. The van der Waals surface area contributed by atoms with Crippen molar-refractivity contribution in [2.75, 3.05) is 5.32 Å². The number of fused-ring (bicyclic) bond motifs is 1. The van der Waals surface area contributed by atoms with Gasteiger partial charge in [0.2, 0.25) is 0 Å². The zero-order valence-corrected chi connectivity index (χ0v) is 12.0. The van der Waals surface area contributed by atoms with E-state index in [1.54, 1.807) is 0 Å². The van der Waals surface area contributed by atoms with Crippen molar-refractivity contribution in [3.05, 3.63) is 65.4 Å². The Kier molecular flexibility index (Phi) is 3.37. The third kappa shape index (κ3) is 2.37. The summed E-state index contributed by atoms with van der Waals surface area (Å²) in [5.74, 6) is -1.15. The van der Waals surface area contributed by atoms with Crippen LogP contribution in [-0.4, -0.2) is 4.57 Å². The first-order chi connectivity index (χ1) is 10.1. The molecule has 0 aliphatic heterocycles. The molecule has 0 aliphatic carbocycles. The minimum atomic E-state index is -0.577. The van der Waals surface area contributed by atoms with Crippen molar-refractivity contribution < 1.29 is 8.78 Å². The van der Waals surface area contributed by atoms with Gasteiger partial charge >= 0.3 is 0 Å². The summed E-state index contributed by atoms with van der Waals surface area (Å²) in [5.41, 5.74) is 3.70. The van der Waals surface area contributed by atoms with Crippen LogP contribution in [0.25, 0.3) is 10.9 Å². The first-order valence-electron chi connectivity index (χ1n) is 6.79. The molecule has 21 heavy (non-hydrogen) atoms. The minimum Gasteiger partial charge on any atom is -0.377 e. The topological polar surface area (TPSA) is 17.0 Å². The molecule has 0 spiro atoms. The van der Waals surface area contributed by atoms with Gasteiger partial charge in [-0.05, 0) is 30.7 Å². The van der Waals surface area contributed by atoms with Crippen molar-refractivity contribution >= 4 is 16.6 Å². The van der Waals surface area contributed by atoms with E-state index < -0.39 is 11.6 Å². The van der Waals surface area contributed by atoms with E-state index >= 15 is 0 Å². The lowest BCUT2D eigenvalue weighted by atomic mass is 10.1. The summed E-state index contributed by atoms with van der Waals surface area (Å²) in [5, 5.41) is 4.23. The summed E-state index contributed by atoms with van der Waals surface area (Å²) < 4.78 is 28.7. The van der Waals surface area contributed by atoms with Gasteiger partial charge in [0.05, 0.1) is 12.2 Å². The maximum atomic E-state index is 13.6. The normalized spacial score (nSPS) is 11.0. The molecule has 0 bridgehead atoms. The molecule has 0 saturated carbocycles. The molecule has 0 unspecified atom stereocenters. The van der Waals surface area contributed by atoms with Crippen molar-refractivity contribution in [3.8, 4) is 0 Å². The Morgan fingerprint density at radius 1 is 1.10 bits per heavy atom. The number of aromatic nitrogens is 1. The smallest absolute Gasteiger partial charge is 0.149 e. The average molecular weight is 286 g/mol. The van der Waals surface area contributed by atoms with Gasteiger partial charge in [0.15, 0.2) is 0 Å². The van der Waals surface area contributed by atoms with E-state index in [2.05, 4.69) is 28.9 Å². The molecule has 108 valence electrons. The van der Waals surface area contributed by atoms with E-state index in [1.165, 1.54) is 23.1 Å². The van der Waals surface area contributed by atoms with Crippen LogP contribution in [0.5, 0.6) is 0 Å². The molecule has 3 rings (SSSR count). The molecule has 4 heteroatoms. The molecule has 0 fully saturated rings. The summed E-state index contributed by atoms with van der Waals surface area (Å²) in [6, 6.07) is 11.7. The number of para-hydroxylation sites is 1. The molecule has 1 aromatic heterocycles. The van der Waals surface area contributed by atoms with Gasteiger partial charge in [0, 0.05) is 29.7 Å². The number of halogens is 2. The third-order valence-corrected chi connectivity index (χ3v) is 3.88. The van der Waals surface area contributed by atoms with E-state index in [-0.39, 0.29) is 0 Å². The van der Waals surface area contributed by atoms with Gasteiger partial charge in [0.25, 0.3) is 0 Å². The fourth-order valence-electron chi connectivity index (χ4n) is 2.70. The SMILES string of the molecule is Cc1c(CNc2ccc(F)cc2F)n(C)c2ccccc12. The molecule has 1 N–H and O–H groups in total. The standard InChI is InChI=1S/C17H16F2N2/c1-11-13-5-3-4-6-16(13)21(2)17(11)10-20-15-8-7-12(18)9-14(15)19/h3-9,20H,10H2,1-2H3. The van der Waals surface area contributed by atoms with Gasteiger partial charge in [-0.15, -0.1) is 0 Å². The van der Waals surface area contributed by atoms with Crippen LogP contribution in [0.15, 0.2) is 42.5 Å². The Hall–Kier alpha value is -2.36. The molecule has 0 atom stereocenters. The Bertz CT molecular complexity index is 767. The Morgan fingerprint density at radius 2 is 1.86 bits per heavy atom. The number of nitrogens with one attached hydrogen (secondary N) is 1. The Balaban J connectivity index is 1.92. The second-order valence-corrected chi connectivity index (χ2v) is 5.13. The van der Waals surface area contributed by atoms with Crippen LogP contribution in [0.3, 0.4) is 0 Å². The largest absolute Gasteiger partial charge is 0.377 e. The van der Waals surface area contributed by atoms with Crippen molar-refractivity contribution in [2.45, 2.75) is 13.5 Å². The van der Waals surface area contributed by atoms with Crippen LogP contribution >= 0.6 is 0 Å². The van der Waals surface area contributed by atoms with Gasteiger partial charge in [0.1, 0.15) is 11.6 Å². The fourth-order valence-corrected chi connectivity index (χ4v) is 2.70. The predicted molar refractivity (Wildman–Crippen MR) is 81.3 cm³/mol. The number of aryl methyl sites for hydroxylation is 2. The number of nitrogens with zero attached hydrogens (tertiary/aromatic N) is 1. The molecule has 2 aromatic carbocycles. The highest BCUT2D eigenvalue weighted by atomic mass is 19.1. The van der Waals surface area contributed by atoms with Crippen molar-refractivity contribution in [3.63, 3.8) is 0 Å². The van der Waals surface area contributed by atoms with E-state index in [0.717, 1.165) is 17.3 Å². The lowest BCUT2D eigenvalue weighted by molar-refractivity contribution is 0.585. The fraction of sp³-hybridized carbons (Fsp3) is 0.176. The third-order valence-electron chi connectivity index (χ3n) is 3.88. The highest BCUT2D eigenvalue weighted by molar-refractivity contribution is 5.85. The van der Waals surface area contributed by atoms with Gasteiger partial charge in [-0.3, -0.25) is 0 Å². The second-order valence-electron chi connectivity index (χ2n) is 5.13. The van der Waals surface area contributed by atoms with Crippen LogP contribution in [0.2, 0.25) is 0 Å². The Labute approximate surface area is 122 Å². The molecule has 0 saturated heterocycles.